The number of hydrogen-bond acceptors (Lipinski definition) is 6. The van der Waals surface area contributed by atoms with Gasteiger partial charge in [-0.15, -0.1) is 0 Å². The fraction of sp³-hybridized carbons (Fsp3) is 0.440. The van der Waals surface area contributed by atoms with E-state index in [-0.39, 0.29) is 34.8 Å². The zero-order valence-electron chi connectivity index (χ0n) is 21.1. The van der Waals surface area contributed by atoms with E-state index >= 15 is 0 Å². The van der Waals surface area contributed by atoms with Crippen LogP contribution in [0.3, 0.4) is 0 Å². The molecule has 9 nitrogen and oxygen atoms in total. The molecule has 13 heteroatoms. The monoisotopic (exact) mass is 556 g/mol. The molecule has 1 heterocycles. The number of rotatable bonds is 7. The number of alkyl carbamates (subject to hydrolysis) is 1. The molecule has 0 saturated heterocycles. The quantitative estimate of drug-likeness (QED) is 0.400. The number of anilines is 1. The number of halogens is 4. The van der Waals surface area contributed by atoms with Crippen LogP contribution in [0.2, 0.25) is 5.15 Å². The Balaban J connectivity index is 1.73. The number of amides is 3. The van der Waals surface area contributed by atoms with E-state index in [0.29, 0.717) is 0 Å². The van der Waals surface area contributed by atoms with Gasteiger partial charge in [-0.05, 0) is 52.7 Å². The molecule has 1 aliphatic carbocycles. The summed E-state index contributed by atoms with van der Waals surface area (Å²) >= 11 is 5.77. The number of pyridine rings is 1. The predicted octanol–water partition coefficient (Wildman–Crippen LogP) is 5.23. The molecule has 0 bridgehead atoms. The number of para-hydroxylation sites is 1. The number of ether oxygens (including phenoxy) is 2. The van der Waals surface area contributed by atoms with Gasteiger partial charge >= 0.3 is 12.3 Å². The maximum Gasteiger partial charge on any atom is 0.419 e. The van der Waals surface area contributed by atoms with Gasteiger partial charge in [0.2, 0.25) is 5.91 Å². The lowest BCUT2D eigenvalue weighted by Crippen LogP contribution is -2.41. The Labute approximate surface area is 222 Å². The number of nitrogens with two attached hydrogens (primary N) is 1. The minimum absolute atomic E-state index is 0.0171. The average Bonchev–Trinajstić information content (AvgIpc) is 2.74. The fourth-order valence-electron chi connectivity index (χ4n) is 3.82. The van der Waals surface area contributed by atoms with Crippen molar-refractivity contribution in [3.63, 3.8) is 0 Å². The zero-order chi connectivity index (χ0) is 28.4. The summed E-state index contributed by atoms with van der Waals surface area (Å²) in [5.74, 6) is -2.30. The lowest BCUT2D eigenvalue weighted by Gasteiger charge is -2.36. The van der Waals surface area contributed by atoms with E-state index in [9.17, 15) is 27.6 Å². The van der Waals surface area contributed by atoms with Crippen molar-refractivity contribution >= 4 is 35.2 Å². The van der Waals surface area contributed by atoms with E-state index in [1.165, 1.54) is 31.3 Å². The highest BCUT2D eigenvalue weighted by Gasteiger charge is 2.41. The highest BCUT2D eigenvalue weighted by Crippen LogP contribution is 2.43. The van der Waals surface area contributed by atoms with Crippen LogP contribution >= 0.6 is 11.6 Å². The Bertz CT molecular complexity index is 1230. The first kappa shape index (κ1) is 29.0. The topological polar surface area (TPSA) is 133 Å². The van der Waals surface area contributed by atoms with Crippen molar-refractivity contribution in [2.75, 3.05) is 5.32 Å². The first-order valence-corrected chi connectivity index (χ1v) is 12.1. The van der Waals surface area contributed by atoms with E-state index in [0.717, 1.165) is 6.07 Å². The van der Waals surface area contributed by atoms with Crippen LogP contribution in [0, 0.1) is 5.92 Å². The normalized spacial score (nSPS) is 18.1. The number of alkyl halides is 3. The Morgan fingerprint density at radius 1 is 1.18 bits per heavy atom. The molecule has 1 aromatic heterocycles. The SMILES string of the molecule is C[C@@H](NC(=O)OC(C)(C)C)c1cccc(C(F)(F)F)c1OC1CC(C(=O)Nc2cnc(Cl)cc2C(N)=O)C1. The summed E-state index contributed by atoms with van der Waals surface area (Å²) in [6, 6.07) is 3.89. The molecular formula is C25H28ClF3N4O5. The van der Waals surface area contributed by atoms with E-state index in [1.54, 1.807) is 20.8 Å². The van der Waals surface area contributed by atoms with Crippen molar-refractivity contribution in [3.05, 3.63) is 52.3 Å². The number of nitrogens with zero attached hydrogens (tertiary/aromatic N) is 1. The van der Waals surface area contributed by atoms with Gasteiger partial charge < -0.3 is 25.8 Å². The highest BCUT2D eigenvalue weighted by molar-refractivity contribution is 6.30. The summed E-state index contributed by atoms with van der Waals surface area (Å²) in [5, 5.41) is 5.10. The Morgan fingerprint density at radius 2 is 1.84 bits per heavy atom. The molecule has 0 unspecified atom stereocenters. The van der Waals surface area contributed by atoms with E-state index in [4.69, 9.17) is 26.8 Å². The molecule has 0 aliphatic heterocycles. The van der Waals surface area contributed by atoms with Crippen molar-refractivity contribution in [1.82, 2.24) is 10.3 Å². The van der Waals surface area contributed by atoms with Crippen molar-refractivity contribution in [1.29, 1.82) is 0 Å². The van der Waals surface area contributed by atoms with E-state index in [1.807, 2.05) is 0 Å². The smallest absolute Gasteiger partial charge is 0.419 e. The van der Waals surface area contributed by atoms with Crippen molar-refractivity contribution in [2.45, 2.75) is 64.5 Å². The summed E-state index contributed by atoms with van der Waals surface area (Å²) < 4.78 is 52.4. The average molecular weight is 557 g/mol. The minimum Gasteiger partial charge on any atom is -0.489 e. The molecule has 1 saturated carbocycles. The van der Waals surface area contributed by atoms with Gasteiger partial charge in [-0.25, -0.2) is 9.78 Å². The summed E-state index contributed by atoms with van der Waals surface area (Å²) in [7, 11) is 0. The molecule has 1 fully saturated rings. The minimum atomic E-state index is -4.72. The molecule has 1 aliphatic rings. The molecule has 1 atom stereocenters. The van der Waals surface area contributed by atoms with Crippen LogP contribution in [0.4, 0.5) is 23.7 Å². The highest BCUT2D eigenvalue weighted by atomic mass is 35.5. The molecule has 3 amide bonds. The van der Waals surface area contributed by atoms with Gasteiger partial charge in [-0.2, -0.15) is 13.2 Å². The van der Waals surface area contributed by atoms with Gasteiger partial charge in [0.05, 0.1) is 29.1 Å². The lowest BCUT2D eigenvalue weighted by atomic mass is 9.81. The summed E-state index contributed by atoms with van der Waals surface area (Å²) in [6.45, 7) is 6.51. The predicted molar refractivity (Wildman–Crippen MR) is 133 cm³/mol. The Morgan fingerprint density at radius 3 is 2.42 bits per heavy atom. The lowest BCUT2D eigenvalue weighted by molar-refractivity contribution is -0.140. The van der Waals surface area contributed by atoms with Crippen LogP contribution in [-0.4, -0.2) is 34.6 Å². The molecule has 2 aromatic rings. The second-order valence-corrected chi connectivity index (χ2v) is 10.3. The van der Waals surface area contributed by atoms with Gasteiger partial charge in [0.25, 0.3) is 5.91 Å². The van der Waals surface area contributed by atoms with Crippen LogP contribution in [0.15, 0.2) is 30.5 Å². The molecule has 1 aromatic carbocycles. The van der Waals surface area contributed by atoms with Crippen LogP contribution in [0.5, 0.6) is 5.75 Å². The van der Waals surface area contributed by atoms with E-state index < -0.39 is 59.1 Å². The summed E-state index contributed by atoms with van der Waals surface area (Å²) in [5.41, 5.74) is 3.67. The maximum atomic E-state index is 13.8. The third-order valence-corrected chi connectivity index (χ3v) is 5.90. The molecule has 206 valence electrons. The van der Waals surface area contributed by atoms with Crippen molar-refractivity contribution in [2.24, 2.45) is 11.7 Å². The number of primary amides is 1. The fourth-order valence-corrected chi connectivity index (χ4v) is 3.98. The summed E-state index contributed by atoms with van der Waals surface area (Å²) in [6.07, 6.45) is -4.76. The number of aromatic nitrogens is 1. The van der Waals surface area contributed by atoms with Gasteiger partial charge in [0, 0.05) is 11.5 Å². The Hall–Kier alpha value is -3.54. The van der Waals surface area contributed by atoms with Gasteiger partial charge in [0.1, 0.15) is 22.6 Å². The molecule has 38 heavy (non-hydrogen) atoms. The molecule has 4 N–H and O–H groups in total. The number of carbonyl (C=O) groups excluding carboxylic acids is 3. The van der Waals surface area contributed by atoms with Gasteiger partial charge in [-0.3, -0.25) is 9.59 Å². The van der Waals surface area contributed by atoms with Crippen LogP contribution in [-0.2, 0) is 15.7 Å². The molecule has 0 spiro atoms. The molecular weight excluding hydrogens is 529 g/mol. The zero-order valence-corrected chi connectivity index (χ0v) is 21.9. The van der Waals surface area contributed by atoms with Gasteiger partial charge in [0.15, 0.2) is 0 Å². The molecule has 0 radical (unpaired) electrons. The van der Waals surface area contributed by atoms with Gasteiger partial charge in [-0.1, -0.05) is 23.7 Å². The second-order valence-electron chi connectivity index (χ2n) is 9.90. The third-order valence-electron chi connectivity index (χ3n) is 5.69. The number of hydrogen-bond donors (Lipinski definition) is 3. The molecule has 3 rings (SSSR count). The maximum absolute atomic E-state index is 13.8. The standard InChI is InChI=1S/C25H28ClF3N4O5/c1-12(32-23(36)38-24(2,3)4)15-6-5-7-17(25(27,28)29)20(15)37-14-8-13(9-14)22(35)33-18-11-31-19(26)10-16(18)21(30)34/h5-7,10-14H,8-9H2,1-4H3,(H2,30,34)(H,32,36)(H,33,35)/t12-,13?,14?/m1/s1. The first-order valence-electron chi connectivity index (χ1n) is 11.7. The first-order chi connectivity index (χ1) is 17.5. The van der Waals surface area contributed by atoms with Crippen molar-refractivity contribution < 1.29 is 37.0 Å². The van der Waals surface area contributed by atoms with Crippen LogP contribution in [0.1, 0.15) is 68.1 Å². The number of benzene rings is 1. The second kappa shape index (κ2) is 11.1. The van der Waals surface area contributed by atoms with E-state index in [2.05, 4.69) is 15.6 Å². The largest absolute Gasteiger partial charge is 0.489 e. The summed E-state index contributed by atoms with van der Waals surface area (Å²) in [4.78, 5) is 40.3. The number of nitrogens with one attached hydrogen (secondary N) is 2. The third kappa shape index (κ3) is 7.27. The Kier molecular flexibility index (Phi) is 8.45. The van der Waals surface area contributed by atoms with Crippen LogP contribution in [0.25, 0.3) is 0 Å². The van der Waals surface area contributed by atoms with Crippen LogP contribution < -0.4 is 21.1 Å². The van der Waals surface area contributed by atoms with Crippen molar-refractivity contribution in [3.8, 4) is 5.75 Å². The number of carbonyl (C=O) groups is 3.